The minimum Gasteiger partial charge on any atom is -0.370 e. The molecule has 9 heteroatoms. The Balaban J connectivity index is 1.34. The molecule has 4 aliphatic heterocycles. The van der Waals surface area contributed by atoms with Crippen LogP contribution in [0, 0.1) is 24.7 Å². The van der Waals surface area contributed by atoms with Crippen LogP contribution in [0.15, 0.2) is 65.9 Å². The number of carbonyl (C=O) groups excluding carboxylic acids is 2. The minimum absolute atomic E-state index is 0.180. The molecular weight excluding hydrogens is 472 g/mol. The van der Waals surface area contributed by atoms with Crippen LogP contribution in [0.1, 0.15) is 10.4 Å². The van der Waals surface area contributed by atoms with Gasteiger partial charge in [-0.05, 0) is 25.1 Å². The van der Waals surface area contributed by atoms with Gasteiger partial charge in [-0.2, -0.15) is 5.10 Å². The highest BCUT2D eigenvalue weighted by Gasteiger charge is 2.72. The molecule has 7 nitrogen and oxygen atoms in total. The lowest BCUT2D eigenvalue weighted by atomic mass is 9.70. The fourth-order valence-electron chi connectivity index (χ4n) is 5.96. The first kappa shape index (κ1) is 20.3. The Bertz CT molecular complexity index is 1380. The second-order valence-corrected chi connectivity index (χ2v) is 10.7. The van der Waals surface area contributed by atoms with Crippen molar-refractivity contribution in [3.8, 4) is 0 Å². The van der Waals surface area contributed by atoms with Gasteiger partial charge in [-0.25, -0.2) is 9.88 Å². The van der Waals surface area contributed by atoms with E-state index in [0.717, 1.165) is 21.8 Å². The quantitative estimate of drug-likeness (QED) is 0.520. The molecule has 2 aromatic carbocycles. The van der Waals surface area contributed by atoms with Crippen molar-refractivity contribution in [1.82, 2.24) is 4.98 Å². The van der Waals surface area contributed by atoms with E-state index in [1.807, 2.05) is 66.5 Å². The predicted molar refractivity (Wildman–Crippen MR) is 129 cm³/mol. The molecule has 0 unspecified atom stereocenters. The number of halogens is 1. The van der Waals surface area contributed by atoms with Crippen LogP contribution in [0.5, 0.6) is 0 Å². The van der Waals surface area contributed by atoms with Crippen molar-refractivity contribution in [3.05, 3.63) is 76.3 Å². The van der Waals surface area contributed by atoms with Gasteiger partial charge in [0.15, 0.2) is 5.13 Å². The number of rotatable bonds is 3. The molecule has 1 aromatic heterocycles. The Morgan fingerprint density at radius 1 is 0.941 bits per heavy atom. The summed E-state index contributed by atoms with van der Waals surface area (Å²) in [6.07, 6.45) is 0.783. The fraction of sp³-hybridized carbons (Fsp3) is 0.280. The topological polar surface area (TPSA) is 75.1 Å². The third-order valence-corrected chi connectivity index (χ3v) is 8.49. The first-order valence-corrected chi connectivity index (χ1v) is 12.4. The van der Waals surface area contributed by atoms with Crippen LogP contribution < -0.4 is 9.91 Å². The van der Waals surface area contributed by atoms with E-state index < -0.39 is 24.0 Å². The standard InChI is InChI=1S/C25H19ClN4O3S/c1-12-11-27-25(34-12)29-23(31)16-17(24(29)32)22-20-18(21(16)33-22)19(14-9-5-6-10-15(14)26)28-30(20)13-7-3-2-4-8-13/h2-11,16-18,20-22H,1H3/t16-,17+,18+,20-,21-,22+/m1/s1. The number of imide groups is 1. The number of hydrazone groups is 1. The van der Waals surface area contributed by atoms with Crippen molar-refractivity contribution in [2.75, 3.05) is 9.91 Å². The number of carbonyl (C=O) groups is 2. The summed E-state index contributed by atoms with van der Waals surface area (Å²) in [4.78, 5) is 33.6. The van der Waals surface area contributed by atoms with Crippen molar-refractivity contribution in [1.29, 1.82) is 0 Å². The zero-order chi connectivity index (χ0) is 23.1. The van der Waals surface area contributed by atoms with E-state index in [1.165, 1.54) is 16.2 Å². The van der Waals surface area contributed by atoms with Crippen LogP contribution in [0.25, 0.3) is 0 Å². The number of ether oxygens (including phenoxy) is 1. The van der Waals surface area contributed by atoms with E-state index in [0.29, 0.717) is 10.2 Å². The molecule has 2 amide bonds. The number of aromatic nitrogens is 1. The summed E-state index contributed by atoms with van der Waals surface area (Å²) in [5.74, 6) is -1.73. The molecule has 0 aliphatic carbocycles. The molecule has 7 rings (SSSR count). The summed E-state index contributed by atoms with van der Waals surface area (Å²) >= 11 is 7.94. The Hall–Kier alpha value is -3.07. The third kappa shape index (κ3) is 2.61. The molecule has 3 aromatic rings. The number of aryl methyl sites for hydroxylation is 1. The van der Waals surface area contributed by atoms with Crippen LogP contribution >= 0.6 is 22.9 Å². The molecule has 0 N–H and O–H groups in total. The molecule has 2 bridgehead atoms. The Morgan fingerprint density at radius 2 is 1.65 bits per heavy atom. The van der Waals surface area contributed by atoms with Gasteiger partial charge in [0, 0.05) is 21.7 Å². The fourth-order valence-corrected chi connectivity index (χ4v) is 6.96. The van der Waals surface area contributed by atoms with Crippen LogP contribution in [0.2, 0.25) is 5.02 Å². The van der Waals surface area contributed by atoms with Gasteiger partial charge in [-0.1, -0.05) is 48.0 Å². The zero-order valence-corrected chi connectivity index (χ0v) is 19.6. The molecule has 0 saturated carbocycles. The highest BCUT2D eigenvalue weighted by molar-refractivity contribution is 7.16. The largest absolute Gasteiger partial charge is 0.370 e. The number of anilines is 2. The Labute approximate surface area is 204 Å². The molecule has 4 aliphatic rings. The molecule has 5 heterocycles. The summed E-state index contributed by atoms with van der Waals surface area (Å²) in [5, 5.41) is 8.00. The van der Waals surface area contributed by atoms with E-state index in [9.17, 15) is 9.59 Å². The number of fused-ring (bicyclic) bond motifs is 8. The number of thiazole rings is 1. The summed E-state index contributed by atoms with van der Waals surface area (Å²) in [7, 11) is 0. The minimum atomic E-state index is -0.550. The van der Waals surface area contributed by atoms with Gasteiger partial charge >= 0.3 is 0 Å². The average Bonchev–Trinajstić information content (AvgIpc) is 3.63. The SMILES string of the molecule is Cc1cnc(N2C(=O)[C@@H]3[C@@H]4O[C@@H]([C@H]5C(c6ccccc6Cl)=NN(c6ccccc6)[C@@H]45)[C@@H]3C2=O)s1. The number of nitrogens with zero attached hydrogens (tertiary/aromatic N) is 4. The lowest BCUT2D eigenvalue weighted by Crippen LogP contribution is -2.50. The van der Waals surface area contributed by atoms with Crippen molar-refractivity contribution in [2.45, 2.75) is 25.2 Å². The summed E-state index contributed by atoms with van der Waals surface area (Å²) in [6.45, 7) is 1.91. The lowest BCUT2D eigenvalue weighted by molar-refractivity contribution is -0.125. The van der Waals surface area contributed by atoms with Crippen LogP contribution in [-0.2, 0) is 14.3 Å². The zero-order valence-electron chi connectivity index (χ0n) is 18.0. The number of para-hydroxylation sites is 1. The van der Waals surface area contributed by atoms with E-state index in [4.69, 9.17) is 21.4 Å². The highest BCUT2D eigenvalue weighted by Crippen LogP contribution is 2.56. The van der Waals surface area contributed by atoms with Crippen molar-refractivity contribution in [2.24, 2.45) is 22.9 Å². The number of hydrogen-bond donors (Lipinski definition) is 0. The summed E-state index contributed by atoms with van der Waals surface area (Å²) < 4.78 is 6.43. The van der Waals surface area contributed by atoms with Gasteiger partial charge in [0.25, 0.3) is 0 Å². The summed E-state index contributed by atoms with van der Waals surface area (Å²) in [6, 6.07) is 17.3. The second kappa shape index (κ2) is 7.21. The second-order valence-electron chi connectivity index (χ2n) is 9.04. The predicted octanol–water partition coefficient (Wildman–Crippen LogP) is 3.90. The lowest BCUT2D eigenvalue weighted by Gasteiger charge is -2.32. The molecule has 6 atom stereocenters. The number of benzene rings is 2. The molecular formula is C25H19ClN4O3S. The summed E-state index contributed by atoms with van der Waals surface area (Å²) in [5.41, 5.74) is 2.54. The maximum atomic E-state index is 13.6. The van der Waals surface area contributed by atoms with Crippen molar-refractivity contribution in [3.63, 3.8) is 0 Å². The van der Waals surface area contributed by atoms with E-state index in [1.54, 1.807) is 6.20 Å². The Morgan fingerprint density at radius 3 is 2.35 bits per heavy atom. The van der Waals surface area contributed by atoms with E-state index in [-0.39, 0.29) is 23.8 Å². The first-order valence-electron chi connectivity index (χ1n) is 11.2. The molecule has 3 saturated heterocycles. The number of hydrogen-bond acceptors (Lipinski definition) is 7. The van der Waals surface area contributed by atoms with Gasteiger partial charge in [0.2, 0.25) is 11.8 Å². The third-order valence-electron chi connectivity index (χ3n) is 7.26. The normalized spacial score (nSPS) is 31.3. The maximum absolute atomic E-state index is 13.6. The molecule has 34 heavy (non-hydrogen) atoms. The smallest absolute Gasteiger partial charge is 0.242 e. The van der Waals surface area contributed by atoms with Gasteiger partial charge in [0.1, 0.15) is 0 Å². The first-order chi connectivity index (χ1) is 16.5. The van der Waals surface area contributed by atoms with Crippen LogP contribution in [-0.4, -0.2) is 40.8 Å². The molecule has 170 valence electrons. The van der Waals surface area contributed by atoms with Gasteiger partial charge in [0.05, 0.1) is 47.4 Å². The van der Waals surface area contributed by atoms with Crippen molar-refractivity contribution < 1.29 is 14.3 Å². The van der Waals surface area contributed by atoms with Gasteiger partial charge in [-0.15, -0.1) is 11.3 Å². The molecule has 0 radical (unpaired) electrons. The highest BCUT2D eigenvalue weighted by atomic mass is 35.5. The Kier molecular flexibility index (Phi) is 4.31. The van der Waals surface area contributed by atoms with Crippen LogP contribution in [0.4, 0.5) is 10.8 Å². The molecule has 0 spiro atoms. The monoisotopic (exact) mass is 490 g/mol. The van der Waals surface area contributed by atoms with Crippen LogP contribution in [0.3, 0.4) is 0 Å². The molecule has 3 fully saturated rings. The van der Waals surface area contributed by atoms with E-state index in [2.05, 4.69) is 4.98 Å². The van der Waals surface area contributed by atoms with Crippen molar-refractivity contribution >= 4 is 51.3 Å². The average molecular weight is 491 g/mol. The van der Waals surface area contributed by atoms with Gasteiger partial charge in [-0.3, -0.25) is 14.6 Å². The van der Waals surface area contributed by atoms with Gasteiger partial charge < -0.3 is 4.74 Å². The van der Waals surface area contributed by atoms with E-state index >= 15 is 0 Å². The number of amides is 2. The maximum Gasteiger partial charge on any atom is 0.242 e.